The maximum atomic E-state index is 12.8. The van der Waals surface area contributed by atoms with E-state index in [-0.39, 0.29) is 5.91 Å². The van der Waals surface area contributed by atoms with Gasteiger partial charge in [0.25, 0.3) is 5.91 Å². The van der Waals surface area contributed by atoms with Crippen LogP contribution in [-0.2, 0) is 13.1 Å². The first-order valence-electron chi connectivity index (χ1n) is 10.7. The van der Waals surface area contributed by atoms with Crippen LogP contribution in [0.15, 0.2) is 54.6 Å². The molecule has 1 fully saturated rings. The number of nitrogens with zero attached hydrogens (tertiary/aromatic N) is 2. The lowest BCUT2D eigenvalue weighted by molar-refractivity contribution is 0.0952. The summed E-state index contributed by atoms with van der Waals surface area (Å²) in [5.74, 6) is 0.708. The quantitative estimate of drug-likeness (QED) is 0.579. The highest BCUT2D eigenvalue weighted by atomic mass is 16.1. The van der Waals surface area contributed by atoms with Crippen molar-refractivity contribution >= 4 is 22.6 Å². The molecule has 1 saturated carbocycles. The highest BCUT2D eigenvalue weighted by Crippen LogP contribution is 2.24. The molecular formula is C25H30N4O. The number of hydrogen-bond donors (Lipinski definition) is 2. The van der Waals surface area contributed by atoms with E-state index < -0.39 is 0 Å². The molecule has 2 N–H and O–H groups in total. The van der Waals surface area contributed by atoms with E-state index in [4.69, 9.17) is 4.98 Å². The Morgan fingerprint density at radius 1 is 1.10 bits per heavy atom. The van der Waals surface area contributed by atoms with Crippen LogP contribution in [0, 0.1) is 0 Å². The molecule has 0 spiro atoms. The lowest BCUT2D eigenvalue weighted by Gasteiger charge is -2.22. The largest absolute Gasteiger partial charge is 0.366 e. The molecule has 0 bridgehead atoms. The zero-order valence-corrected chi connectivity index (χ0v) is 18.0. The van der Waals surface area contributed by atoms with E-state index in [1.807, 2.05) is 30.3 Å². The van der Waals surface area contributed by atoms with Crippen LogP contribution < -0.4 is 10.6 Å². The third-order valence-corrected chi connectivity index (χ3v) is 5.75. The van der Waals surface area contributed by atoms with Crippen LogP contribution in [0.3, 0.4) is 0 Å². The van der Waals surface area contributed by atoms with E-state index in [0.717, 1.165) is 36.1 Å². The summed E-state index contributed by atoms with van der Waals surface area (Å²) >= 11 is 0. The van der Waals surface area contributed by atoms with E-state index in [1.165, 1.54) is 11.1 Å². The molecule has 0 radical (unpaired) electrons. The molecule has 1 aliphatic carbocycles. The molecule has 4 rings (SSSR count). The van der Waals surface area contributed by atoms with E-state index in [1.54, 1.807) is 0 Å². The predicted molar refractivity (Wildman–Crippen MR) is 123 cm³/mol. The van der Waals surface area contributed by atoms with Crippen LogP contribution in [0.1, 0.15) is 48.2 Å². The maximum Gasteiger partial charge on any atom is 0.252 e. The van der Waals surface area contributed by atoms with E-state index in [9.17, 15) is 4.79 Å². The first-order valence-corrected chi connectivity index (χ1v) is 10.7. The van der Waals surface area contributed by atoms with Crippen molar-refractivity contribution in [2.24, 2.45) is 0 Å². The highest BCUT2D eigenvalue weighted by molar-refractivity contribution is 6.07. The summed E-state index contributed by atoms with van der Waals surface area (Å²) in [6.45, 7) is 5.97. The molecule has 5 nitrogen and oxygen atoms in total. The van der Waals surface area contributed by atoms with Gasteiger partial charge in [-0.25, -0.2) is 4.98 Å². The van der Waals surface area contributed by atoms with Crippen molar-refractivity contribution in [3.8, 4) is 0 Å². The van der Waals surface area contributed by atoms with Gasteiger partial charge < -0.3 is 10.6 Å². The maximum absolute atomic E-state index is 12.8. The molecule has 2 aromatic carbocycles. The van der Waals surface area contributed by atoms with Gasteiger partial charge in [0.2, 0.25) is 0 Å². The Morgan fingerprint density at radius 2 is 1.80 bits per heavy atom. The number of anilines is 1. The third-order valence-electron chi connectivity index (χ3n) is 5.75. The summed E-state index contributed by atoms with van der Waals surface area (Å²) in [7, 11) is 2.14. The Morgan fingerprint density at radius 3 is 2.53 bits per heavy atom. The first-order chi connectivity index (χ1) is 14.5. The summed E-state index contributed by atoms with van der Waals surface area (Å²) in [6, 6.07) is 19.0. The lowest BCUT2D eigenvalue weighted by atomic mass is 10.1. The minimum Gasteiger partial charge on any atom is -0.366 e. The number of carbonyl (C=O) groups is 1. The Labute approximate surface area is 178 Å². The lowest BCUT2D eigenvalue weighted by Crippen LogP contribution is -2.26. The number of amides is 1. The average Bonchev–Trinajstić information content (AvgIpc) is 3.56. The Hall–Kier alpha value is -2.92. The Kier molecular flexibility index (Phi) is 6.00. The normalized spacial score (nSPS) is 13.8. The monoisotopic (exact) mass is 402 g/mol. The fourth-order valence-corrected chi connectivity index (χ4v) is 3.47. The first kappa shape index (κ1) is 20.4. The standard InChI is InChI=1S/C25H30N4O/c1-17(2)29(3)16-19-9-5-4-8-18(19)15-26-24-14-22(25(30)27-20-12-13-20)21-10-6-7-11-23(21)28-24/h4-11,14,17,20H,12-13,15-16H2,1-3H3,(H,26,28)(H,27,30). The minimum absolute atomic E-state index is 0.0156. The van der Waals surface area contributed by atoms with Crippen LogP contribution in [0.4, 0.5) is 5.82 Å². The number of hydrogen-bond acceptors (Lipinski definition) is 4. The Balaban J connectivity index is 1.57. The average molecular weight is 403 g/mol. The van der Waals surface area contributed by atoms with Crippen molar-refractivity contribution in [1.82, 2.24) is 15.2 Å². The number of carbonyl (C=O) groups excluding carboxylic acids is 1. The van der Waals surface area contributed by atoms with Gasteiger partial charge in [0.05, 0.1) is 11.1 Å². The summed E-state index contributed by atoms with van der Waals surface area (Å²) in [6.07, 6.45) is 2.14. The number of rotatable bonds is 8. The molecule has 1 heterocycles. The summed E-state index contributed by atoms with van der Waals surface area (Å²) < 4.78 is 0. The molecule has 5 heteroatoms. The molecule has 1 aromatic heterocycles. The molecule has 1 aliphatic rings. The number of para-hydroxylation sites is 1. The Bertz CT molecular complexity index is 1040. The zero-order chi connectivity index (χ0) is 21.1. The van der Waals surface area contributed by atoms with Gasteiger partial charge in [-0.15, -0.1) is 0 Å². The summed E-state index contributed by atoms with van der Waals surface area (Å²) in [5, 5.41) is 7.44. The van der Waals surface area contributed by atoms with Gasteiger partial charge in [-0.1, -0.05) is 42.5 Å². The van der Waals surface area contributed by atoms with Crippen molar-refractivity contribution in [2.75, 3.05) is 12.4 Å². The van der Waals surface area contributed by atoms with Crippen LogP contribution in [0.25, 0.3) is 10.9 Å². The second-order valence-corrected chi connectivity index (χ2v) is 8.45. The van der Waals surface area contributed by atoms with Crippen LogP contribution >= 0.6 is 0 Å². The topological polar surface area (TPSA) is 57.3 Å². The third kappa shape index (κ3) is 4.79. The molecule has 30 heavy (non-hydrogen) atoms. The van der Waals surface area contributed by atoms with E-state index in [0.29, 0.717) is 24.2 Å². The summed E-state index contributed by atoms with van der Waals surface area (Å²) in [5.41, 5.74) is 4.05. The summed E-state index contributed by atoms with van der Waals surface area (Å²) in [4.78, 5) is 19.9. The van der Waals surface area contributed by atoms with Crippen molar-refractivity contribution < 1.29 is 4.79 Å². The van der Waals surface area contributed by atoms with Gasteiger partial charge in [-0.05, 0) is 57.0 Å². The molecule has 1 amide bonds. The minimum atomic E-state index is -0.0156. The zero-order valence-electron chi connectivity index (χ0n) is 18.0. The van der Waals surface area contributed by atoms with Crippen molar-refractivity contribution in [3.05, 3.63) is 71.3 Å². The van der Waals surface area contributed by atoms with Crippen molar-refractivity contribution in [2.45, 2.75) is 51.9 Å². The van der Waals surface area contributed by atoms with E-state index >= 15 is 0 Å². The number of fused-ring (bicyclic) bond motifs is 1. The smallest absolute Gasteiger partial charge is 0.252 e. The molecule has 0 atom stereocenters. The second kappa shape index (κ2) is 8.84. The van der Waals surface area contributed by atoms with Gasteiger partial charge in [0.1, 0.15) is 5.82 Å². The molecule has 0 saturated heterocycles. The molecule has 156 valence electrons. The van der Waals surface area contributed by atoms with Crippen molar-refractivity contribution in [1.29, 1.82) is 0 Å². The van der Waals surface area contributed by atoms with Gasteiger partial charge in [0, 0.05) is 30.6 Å². The fraction of sp³-hybridized carbons (Fsp3) is 0.360. The van der Waals surface area contributed by atoms with Crippen LogP contribution in [0.2, 0.25) is 0 Å². The molecule has 0 aliphatic heterocycles. The highest BCUT2D eigenvalue weighted by Gasteiger charge is 2.25. The predicted octanol–water partition coefficient (Wildman–Crippen LogP) is 4.58. The fourth-order valence-electron chi connectivity index (χ4n) is 3.47. The van der Waals surface area contributed by atoms with Crippen molar-refractivity contribution in [3.63, 3.8) is 0 Å². The molecule has 0 unspecified atom stereocenters. The molecule has 3 aromatic rings. The van der Waals surface area contributed by atoms with Gasteiger partial charge >= 0.3 is 0 Å². The van der Waals surface area contributed by atoms with Gasteiger partial charge in [-0.3, -0.25) is 9.69 Å². The number of benzene rings is 2. The second-order valence-electron chi connectivity index (χ2n) is 8.45. The van der Waals surface area contributed by atoms with Crippen LogP contribution in [-0.4, -0.2) is 34.9 Å². The number of nitrogens with one attached hydrogen (secondary N) is 2. The number of aromatic nitrogens is 1. The van der Waals surface area contributed by atoms with Crippen LogP contribution in [0.5, 0.6) is 0 Å². The van der Waals surface area contributed by atoms with Gasteiger partial charge in [0.15, 0.2) is 0 Å². The van der Waals surface area contributed by atoms with Gasteiger partial charge in [-0.2, -0.15) is 0 Å². The number of pyridine rings is 1. The van der Waals surface area contributed by atoms with E-state index in [2.05, 4.69) is 60.7 Å². The molecular weight excluding hydrogens is 372 g/mol. The SMILES string of the molecule is CC(C)N(C)Cc1ccccc1CNc1cc(C(=O)NC2CC2)c2ccccc2n1.